The molecule has 1 heterocycles. The van der Waals surface area contributed by atoms with E-state index in [1.165, 1.54) is 11.3 Å². The molecule has 3 N–H and O–H groups in total. The van der Waals surface area contributed by atoms with E-state index >= 15 is 0 Å². The van der Waals surface area contributed by atoms with Gasteiger partial charge in [0.15, 0.2) is 0 Å². The third-order valence-electron chi connectivity index (χ3n) is 4.11. The van der Waals surface area contributed by atoms with Gasteiger partial charge in [0.05, 0.1) is 5.54 Å². The van der Waals surface area contributed by atoms with E-state index in [-0.39, 0.29) is 5.54 Å². The maximum atomic E-state index is 6.02. The number of nitrogens with zero attached hydrogens (tertiary/aromatic N) is 1. The molecule has 0 aliphatic carbocycles. The summed E-state index contributed by atoms with van der Waals surface area (Å²) in [7, 11) is 0. The van der Waals surface area contributed by atoms with E-state index in [2.05, 4.69) is 48.3 Å². The zero-order valence-corrected chi connectivity index (χ0v) is 11.6. The van der Waals surface area contributed by atoms with Crippen molar-refractivity contribution >= 4 is 5.69 Å². The maximum Gasteiger partial charge on any atom is 0.0520 e. The Morgan fingerprint density at radius 1 is 1.22 bits per heavy atom. The maximum absolute atomic E-state index is 6.02. The Hall–Kier alpha value is -1.06. The van der Waals surface area contributed by atoms with Gasteiger partial charge in [-0.1, -0.05) is 24.6 Å². The van der Waals surface area contributed by atoms with Crippen LogP contribution in [0.5, 0.6) is 0 Å². The second-order valence-electron chi connectivity index (χ2n) is 5.41. The summed E-state index contributed by atoms with van der Waals surface area (Å²) in [5, 5.41) is 3.66. The standard InChI is InChI=1S/C15H25N3/c1-3-18-10-8-15(12-16,9-11-18)17-14-6-4-13(2)5-7-14/h4-7,17H,3,8-12,16H2,1-2H3. The summed E-state index contributed by atoms with van der Waals surface area (Å²) in [6.07, 6.45) is 2.26. The third-order valence-corrected chi connectivity index (χ3v) is 4.11. The molecule has 0 aromatic heterocycles. The van der Waals surface area contributed by atoms with Gasteiger partial charge in [-0.05, 0) is 38.4 Å². The molecule has 0 amide bonds. The first kappa shape index (κ1) is 13.4. The van der Waals surface area contributed by atoms with Crippen LogP contribution in [-0.2, 0) is 0 Å². The van der Waals surface area contributed by atoms with Crippen LogP contribution in [-0.4, -0.2) is 36.6 Å². The van der Waals surface area contributed by atoms with E-state index in [1.807, 2.05) is 0 Å². The number of hydrogen-bond donors (Lipinski definition) is 2. The molecule has 1 aliphatic heterocycles. The fourth-order valence-electron chi connectivity index (χ4n) is 2.62. The molecule has 1 aliphatic rings. The first-order chi connectivity index (χ1) is 8.67. The van der Waals surface area contributed by atoms with Crippen LogP contribution in [0.4, 0.5) is 5.69 Å². The van der Waals surface area contributed by atoms with Gasteiger partial charge < -0.3 is 16.0 Å². The molecule has 0 radical (unpaired) electrons. The van der Waals surface area contributed by atoms with Crippen molar-refractivity contribution in [1.29, 1.82) is 0 Å². The number of rotatable bonds is 4. The summed E-state index contributed by atoms with van der Waals surface area (Å²) < 4.78 is 0. The van der Waals surface area contributed by atoms with Crippen LogP contribution in [0.1, 0.15) is 25.3 Å². The summed E-state index contributed by atoms with van der Waals surface area (Å²) in [4.78, 5) is 2.49. The molecular weight excluding hydrogens is 222 g/mol. The van der Waals surface area contributed by atoms with Gasteiger partial charge in [0, 0.05) is 25.3 Å². The molecule has 0 atom stereocenters. The zero-order chi connectivity index (χ0) is 13.0. The largest absolute Gasteiger partial charge is 0.378 e. The number of likely N-dealkylation sites (tertiary alicyclic amines) is 1. The minimum atomic E-state index is 0.0843. The van der Waals surface area contributed by atoms with Crippen molar-refractivity contribution in [1.82, 2.24) is 4.90 Å². The molecule has 1 aromatic carbocycles. The van der Waals surface area contributed by atoms with Gasteiger partial charge in [-0.2, -0.15) is 0 Å². The predicted octanol–water partition coefficient (Wildman–Crippen LogP) is 2.22. The molecule has 100 valence electrons. The normalized spacial score (nSPS) is 19.7. The number of hydrogen-bond acceptors (Lipinski definition) is 3. The number of nitrogens with one attached hydrogen (secondary N) is 1. The lowest BCUT2D eigenvalue weighted by Crippen LogP contribution is -2.53. The van der Waals surface area contributed by atoms with Crippen LogP contribution in [0.3, 0.4) is 0 Å². The van der Waals surface area contributed by atoms with E-state index in [9.17, 15) is 0 Å². The Labute approximate surface area is 110 Å². The average Bonchev–Trinajstić information content (AvgIpc) is 2.42. The first-order valence-corrected chi connectivity index (χ1v) is 6.95. The molecule has 1 fully saturated rings. The third kappa shape index (κ3) is 3.03. The van der Waals surface area contributed by atoms with Gasteiger partial charge >= 0.3 is 0 Å². The molecular formula is C15H25N3. The van der Waals surface area contributed by atoms with Gasteiger partial charge in [0.2, 0.25) is 0 Å². The number of anilines is 1. The smallest absolute Gasteiger partial charge is 0.0520 e. The molecule has 3 nitrogen and oxygen atoms in total. The molecule has 0 saturated carbocycles. The highest BCUT2D eigenvalue weighted by atomic mass is 15.2. The minimum absolute atomic E-state index is 0.0843. The van der Waals surface area contributed by atoms with Crippen LogP contribution in [0.25, 0.3) is 0 Å². The predicted molar refractivity (Wildman–Crippen MR) is 77.9 cm³/mol. The number of nitrogens with two attached hydrogens (primary N) is 1. The monoisotopic (exact) mass is 247 g/mol. The van der Waals surface area contributed by atoms with Crippen molar-refractivity contribution in [3.05, 3.63) is 29.8 Å². The molecule has 3 heteroatoms. The van der Waals surface area contributed by atoms with Crippen molar-refractivity contribution < 1.29 is 0 Å². The lowest BCUT2D eigenvalue weighted by atomic mass is 9.87. The number of benzene rings is 1. The van der Waals surface area contributed by atoms with Gasteiger partial charge in [-0.3, -0.25) is 0 Å². The molecule has 0 unspecified atom stereocenters. The molecule has 1 aromatic rings. The van der Waals surface area contributed by atoms with Crippen LogP contribution in [0, 0.1) is 6.92 Å². The summed E-state index contributed by atoms with van der Waals surface area (Å²) in [5.41, 5.74) is 8.59. The zero-order valence-electron chi connectivity index (χ0n) is 11.6. The van der Waals surface area contributed by atoms with E-state index in [0.29, 0.717) is 6.54 Å². The van der Waals surface area contributed by atoms with Crippen molar-refractivity contribution in [3.63, 3.8) is 0 Å². The highest BCUT2D eigenvalue weighted by Gasteiger charge is 2.32. The van der Waals surface area contributed by atoms with Crippen LogP contribution in [0.2, 0.25) is 0 Å². The fraction of sp³-hybridized carbons (Fsp3) is 0.600. The Balaban J connectivity index is 2.03. The number of aryl methyl sites for hydroxylation is 1. The van der Waals surface area contributed by atoms with Crippen molar-refractivity contribution in [2.24, 2.45) is 5.73 Å². The van der Waals surface area contributed by atoms with E-state index in [0.717, 1.165) is 32.5 Å². The van der Waals surface area contributed by atoms with Gasteiger partial charge in [0.1, 0.15) is 0 Å². The van der Waals surface area contributed by atoms with E-state index in [4.69, 9.17) is 5.73 Å². The Morgan fingerprint density at radius 2 is 1.83 bits per heavy atom. The van der Waals surface area contributed by atoms with Gasteiger partial charge in [-0.15, -0.1) is 0 Å². The summed E-state index contributed by atoms with van der Waals surface area (Å²) >= 11 is 0. The summed E-state index contributed by atoms with van der Waals surface area (Å²) in [5.74, 6) is 0. The van der Waals surface area contributed by atoms with Crippen LogP contribution in [0.15, 0.2) is 24.3 Å². The minimum Gasteiger partial charge on any atom is -0.378 e. The Morgan fingerprint density at radius 3 is 2.33 bits per heavy atom. The molecule has 2 rings (SSSR count). The summed E-state index contributed by atoms with van der Waals surface area (Å²) in [6, 6.07) is 8.60. The topological polar surface area (TPSA) is 41.3 Å². The Bertz CT molecular complexity index is 364. The van der Waals surface area contributed by atoms with Crippen molar-refractivity contribution in [2.45, 2.75) is 32.2 Å². The number of piperidine rings is 1. The lowest BCUT2D eigenvalue weighted by Gasteiger charge is -2.42. The lowest BCUT2D eigenvalue weighted by molar-refractivity contribution is 0.184. The Kier molecular flexibility index (Phi) is 4.25. The van der Waals surface area contributed by atoms with Crippen LogP contribution >= 0.6 is 0 Å². The second-order valence-corrected chi connectivity index (χ2v) is 5.41. The van der Waals surface area contributed by atoms with Gasteiger partial charge in [0.25, 0.3) is 0 Å². The molecule has 1 saturated heterocycles. The average molecular weight is 247 g/mol. The molecule has 0 bridgehead atoms. The highest BCUT2D eigenvalue weighted by Crippen LogP contribution is 2.26. The van der Waals surface area contributed by atoms with Crippen molar-refractivity contribution in [2.75, 3.05) is 31.5 Å². The van der Waals surface area contributed by atoms with E-state index < -0.39 is 0 Å². The summed E-state index contributed by atoms with van der Waals surface area (Å²) in [6.45, 7) is 8.48. The second kappa shape index (κ2) is 5.72. The first-order valence-electron chi connectivity index (χ1n) is 6.95. The van der Waals surface area contributed by atoms with Crippen molar-refractivity contribution in [3.8, 4) is 0 Å². The van der Waals surface area contributed by atoms with Crippen LogP contribution < -0.4 is 11.1 Å². The fourth-order valence-corrected chi connectivity index (χ4v) is 2.62. The SMILES string of the molecule is CCN1CCC(CN)(Nc2ccc(C)cc2)CC1. The van der Waals surface area contributed by atoms with Gasteiger partial charge in [-0.25, -0.2) is 0 Å². The molecule has 0 spiro atoms. The quantitative estimate of drug-likeness (QED) is 0.857. The molecule has 18 heavy (non-hydrogen) atoms. The van der Waals surface area contributed by atoms with E-state index in [1.54, 1.807) is 0 Å². The highest BCUT2D eigenvalue weighted by molar-refractivity contribution is 5.47.